The third-order valence-electron chi connectivity index (χ3n) is 1.90. The average molecular weight is 268 g/mol. The van der Waals surface area contributed by atoms with Crippen LogP contribution in [0.2, 0.25) is 5.15 Å². The second-order valence-corrected chi connectivity index (χ2v) is 3.46. The van der Waals surface area contributed by atoms with Crippen molar-refractivity contribution in [3.63, 3.8) is 0 Å². The van der Waals surface area contributed by atoms with Gasteiger partial charge in [-0.25, -0.2) is 13.8 Å². The number of aromatic nitrogens is 1. The zero-order chi connectivity index (χ0) is 13.0. The predicted molar refractivity (Wildman–Crippen MR) is 54.5 cm³/mol. The van der Waals surface area contributed by atoms with E-state index in [0.717, 1.165) is 6.07 Å². The normalized spacial score (nSPS) is 10.7. The fraction of sp³-hybridized carbons (Fsp3) is 0.400. The molecule has 1 rings (SSSR count). The zero-order valence-corrected chi connectivity index (χ0v) is 9.60. The number of carbonyl (C=O) groups is 1. The van der Waals surface area contributed by atoms with Crippen molar-refractivity contribution in [1.82, 2.24) is 4.98 Å². The first-order chi connectivity index (χ1) is 7.95. The van der Waals surface area contributed by atoms with Crippen molar-refractivity contribution in [1.29, 1.82) is 0 Å². The van der Waals surface area contributed by atoms with Gasteiger partial charge in [-0.3, -0.25) is 4.79 Å². The molecule has 94 valence electrons. The molecule has 1 heterocycles. The van der Waals surface area contributed by atoms with Gasteiger partial charge in [-0.15, -0.1) is 0 Å². The van der Waals surface area contributed by atoms with Crippen LogP contribution in [0.5, 0.6) is 0 Å². The van der Waals surface area contributed by atoms with Crippen LogP contribution in [0, 0.1) is 5.95 Å². The van der Waals surface area contributed by atoms with Crippen LogP contribution in [0.4, 0.5) is 13.2 Å². The Morgan fingerprint density at radius 3 is 2.76 bits per heavy atom. The molecule has 0 radical (unpaired) electrons. The molecular formula is C10H9ClF3NO2. The molecule has 0 aliphatic heterocycles. The molecule has 0 saturated carbocycles. The minimum absolute atomic E-state index is 0.0156. The van der Waals surface area contributed by atoms with Gasteiger partial charge in [0.25, 0.3) is 6.43 Å². The Kier molecular flexibility index (Phi) is 4.74. The lowest BCUT2D eigenvalue weighted by Crippen LogP contribution is -2.09. The fourth-order valence-electron chi connectivity index (χ4n) is 1.17. The van der Waals surface area contributed by atoms with E-state index in [1.807, 2.05) is 0 Å². The van der Waals surface area contributed by atoms with Crippen molar-refractivity contribution in [2.75, 3.05) is 6.61 Å². The number of nitrogens with zero attached hydrogens (tertiary/aromatic N) is 1. The van der Waals surface area contributed by atoms with Crippen molar-refractivity contribution >= 4 is 17.6 Å². The highest BCUT2D eigenvalue weighted by Gasteiger charge is 2.19. The molecule has 0 amide bonds. The highest BCUT2D eigenvalue weighted by Crippen LogP contribution is 2.25. The summed E-state index contributed by atoms with van der Waals surface area (Å²) in [4.78, 5) is 14.3. The Morgan fingerprint density at radius 1 is 1.59 bits per heavy atom. The topological polar surface area (TPSA) is 39.2 Å². The molecule has 1 aromatic rings. The monoisotopic (exact) mass is 267 g/mol. The summed E-state index contributed by atoms with van der Waals surface area (Å²) in [5.74, 6) is -1.97. The van der Waals surface area contributed by atoms with E-state index in [9.17, 15) is 18.0 Å². The molecule has 0 atom stereocenters. The van der Waals surface area contributed by atoms with Crippen molar-refractivity contribution < 1.29 is 22.7 Å². The van der Waals surface area contributed by atoms with Crippen LogP contribution >= 0.6 is 11.6 Å². The van der Waals surface area contributed by atoms with Gasteiger partial charge in [0, 0.05) is 5.56 Å². The first-order valence-corrected chi connectivity index (χ1v) is 5.12. The van der Waals surface area contributed by atoms with Crippen molar-refractivity contribution in [3.8, 4) is 0 Å². The largest absolute Gasteiger partial charge is 0.466 e. The molecule has 0 saturated heterocycles. The molecule has 17 heavy (non-hydrogen) atoms. The van der Waals surface area contributed by atoms with Crippen LogP contribution < -0.4 is 0 Å². The van der Waals surface area contributed by atoms with Gasteiger partial charge in [0.15, 0.2) is 0 Å². The summed E-state index contributed by atoms with van der Waals surface area (Å²) in [6, 6.07) is 0.826. The van der Waals surface area contributed by atoms with Gasteiger partial charge in [0.05, 0.1) is 18.6 Å². The molecule has 0 aliphatic rings. The molecule has 7 heteroatoms. The maximum atomic E-state index is 13.0. The van der Waals surface area contributed by atoms with Crippen LogP contribution in [-0.2, 0) is 16.0 Å². The van der Waals surface area contributed by atoms with Crippen LogP contribution in [0.3, 0.4) is 0 Å². The van der Waals surface area contributed by atoms with Gasteiger partial charge in [-0.2, -0.15) is 4.39 Å². The SMILES string of the molecule is CCOC(=O)Cc1cc(C(F)F)c(F)nc1Cl. The maximum Gasteiger partial charge on any atom is 0.310 e. The summed E-state index contributed by atoms with van der Waals surface area (Å²) in [6.07, 6.45) is -3.33. The van der Waals surface area contributed by atoms with Gasteiger partial charge in [-0.1, -0.05) is 11.6 Å². The molecule has 3 nitrogen and oxygen atoms in total. The average Bonchev–Trinajstić information content (AvgIpc) is 2.21. The van der Waals surface area contributed by atoms with Crippen LogP contribution in [0.15, 0.2) is 6.07 Å². The standard InChI is InChI=1S/C10H9ClF3NO2/c1-2-17-7(16)4-5-3-6(9(12)13)10(14)15-8(5)11/h3,9H,2,4H2,1H3. The third kappa shape index (κ3) is 3.59. The maximum absolute atomic E-state index is 13.0. The smallest absolute Gasteiger partial charge is 0.310 e. The van der Waals surface area contributed by atoms with Crippen molar-refractivity contribution in [2.45, 2.75) is 19.8 Å². The first kappa shape index (κ1) is 13.8. The van der Waals surface area contributed by atoms with Gasteiger partial charge < -0.3 is 4.74 Å². The minimum atomic E-state index is -3.01. The Labute approximate surface area is 101 Å². The molecule has 0 unspecified atom stereocenters. The predicted octanol–water partition coefficient (Wildman–Crippen LogP) is 2.92. The molecule has 0 aliphatic carbocycles. The Hall–Kier alpha value is -1.30. The molecular weight excluding hydrogens is 259 g/mol. The fourth-order valence-corrected chi connectivity index (χ4v) is 1.37. The Bertz CT molecular complexity index is 426. The van der Waals surface area contributed by atoms with E-state index in [2.05, 4.69) is 9.72 Å². The molecule has 0 fully saturated rings. The number of esters is 1. The number of rotatable bonds is 4. The van der Waals surface area contributed by atoms with E-state index in [1.54, 1.807) is 6.92 Å². The lowest BCUT2D eigenvalue weighted by atomic mass is 10.1. The van der Waals surface area contributed by atoms with E-state index >= 15 is 0 Å². The van der Waals surface area contributed by atoms with E-state index in [-0.39, 0.29) is 23.7 Å². The summed E-state index contributed by atoms with van der Waals surface area (Å²) >= 11 is 5.55. The highest BCUT2D eigenvalue weighted by atomic mass is 35.5. The van der Waals surface area contributed by atoms with Crippen LogP contribution in [-0.4, -0.2) is 17.6 Å². The number of halogens is 4. The van der Waals surface area contributed by atoms with Gasteiger partial charge >= 0.3 is 5.97 Å². The second kappa shape index (κ2) is 5.86. The van der Waals surface area contributed by atoms with Gasteiger partial charge in [0.2, 0.25) is 5.95 Å². The van der Waals surface area contributed by atoms with Gasteiger partial charge in [-0.05, 0) is 13.0 Å². The highest BCUT2D eigenvalue weighted by molar-refractivity contribution is 6.30. The molecule has 1 aromatic heterocycles. The molecule has 0 aromatic carbocycles. The summed E-state index contributed by atoms with van der Waals surface area (Å²) < 4.78 is 42.4. The minimum Gasteiger partial charge on any atom is -0.466 e. The van der Waals surface area contributed by atoms with E-state index < -0.39 is 23.9 Å². The molecule has 0 spiro atoms. The summed E-state index contributed by atoms with van der Waals surface area (Å²) in [5.41, 5.74) is -0.865. The lowest BCUT2D eigenvalue weighted by Gasteiger charge is -2.07. The summed E-state index contributed by atoms with van der Waals surface area (Å²) in [5, 5.41) is -0.319. The Morgan fingerprint density at radius 2 is 2.24 bits per heavy atom. The van der Waals surface area contributed by atoms with Crippen LogP contribution in [0.1, 0.15) is 24.5 Å². The van der Waals surface area contributed by atoms with E-state index in [0.29, 0.717) is 0 Å². The number of hydrogen-bond acceptors (Lipinski definition) is 3. The zero-order valence-electron chi connectivity index (χ0n) is 8.84. The third-order valence-corrected chi connectivity index (χ3v) is 2.23. The van der Waals surface area contributed by atoms with E-state index in [1.165, 1.54) is 0 Å². The summed E-state index contributed by atoms with van der Waals surface area (Å²) in [6.45, 7) is 1.76. The Balaban J connectivity index is 2.99. The number of alkyl halides is 2. The number of carbonyl (C=O) groups excluding carboxylic acids is 1. The number of ether oxygens (including phenoxy) is 1. The van der Waals surface area contributed by atoms with Crippen molar-refractivity contribution in [2.24, 2.45) is 0 Å². The number of hydrogen-bond donors (Lipinski definition) is 0. The second-order valence-electron chi connectivity index (χ2n) is 3.10. The van der Waals surface area contributed by atoms with Gasteiger partial charge in [0.1, 0.15) is 5.15 Å². The molecule has 0 N–H and O–H groups in total. The lowest BCUT2D eigenvalue weighted by molar-refractivity contribution is -0.142. The summed E-state index contributed by atoms with van der Waals surface area (Å²) in [7, 11) is 0. The quantitative estimate of drug-likeness (QED) is 0.622. The number of pyridine rings is 1. The van der Waals surface area contributed by atoms with Crippen molar-refractivity contribution in [3.05, 3.63) is 28.3 Å². The van der Waals surface area contributed by atoms with Crippen LogP contribution in [0.25, 0.3) is 0 Å². The molecule has 0 bridgehead atoms. The van der Waals surface area contributed by atoms with E-state index in [4.69, 9.17) is 11.6 Å². The first-order valence-electron chi connectivity index (χ1n) is 4.74.